The normalized spacial score (nSPS) is 12.0. The quantitative estimate of drug-likeness (QED) is 0.465. The van der Waals surface area contributed by atoms with Gasteiger partial charge in [-0.2, -0.15) is 0 Å². The SMILES string of the molecule is ClC[SiH2]OC(Cl)Cl. The van der Waals surface area contributed by atoms with Gasteiger partial charge < -0.3 is 4.43 Å². The third-order valence-corrected chi connectivity index (χ3v) is 2.18. The molecular formula is C2H5Cl3OSi. The van der Waals surface area contributed by atoms with Gasteiger partial charge in [0.05, 0.1) is 0 Å². The summed E-state index contributed by atoms with van der Waals surface area (Å²) in [6, 6.07) is 0. The lowest BCUT2D eigenvalue weighted by molar-refractivity contribution is 0.379. The van der Waals surface area contributed by atoms with E-state index in [1.165, 1.54) is 0 Å². The molecule has 0 spiro atoms. The van der Waals surface area contributed by atoms with Crippen molar-refractivity contribution in [2.24, 2.45) is 0 Å². The van der Waals surface area contributed by atoms with E-state index in [0.29, 0.717) is 5.50 Å². The van der Waals surface area contributed by atoms with Gasteiger partial charge in [-0.1, -0.05) is 23.2 Å². The lowest BCUT2D eigenvalue weighted by Crippen LogP contribution is -2.03. The first-order valence-corrected chi connectivity index (χ1v) is 4.71. The highest BCUT2D eigenvalue weighted by atomic mass is 35.5. The molecule has 0 aromatic carbocycles. The molecule has 0 saturated carbocycles. The van der Waals surface area contributed by atoms with E-state index in [4.69, 9.17) is 39.2 Å². The molecule has 0 unspecified atom stereocenters. The van der Waals surface area contributed by atoms with Gasteiger partial charge in [0, 0.05) is 5.50 Å². The molecule has 0 radical (unpaired) electrons. The Bertz CT molecular complexity index is 41.9. The molecule has 1 nitrogen and oxygen atoms in total. The molecule has 0 heterocycles. The summed E-state index contributed by atoms with van der Waals surface area (Å²) in [7, 11) is -0.624. The molecule has 5 heteroatoms. The van der Waals surface area contributed by atoms with E-state index in [2.05, 4.69) is 0 Å². The zero-order chi connectivity index (χ0) is 5.70. The molecule has 0 aliphatic carbocycles. The van der Waals surface area contributed by atoms with Crippen molar-refractivity contribution in [2.75, 3.05) is 5.50 Å². The molecule has 0 saturated heterocycles. The van der Waals surface area contributed by atoms with E-state index in [1.807, 2.05) is 0 Å². The van der Waals surface area contributed by atoms with Gasteiger partial charge in [0.2, 0.25) is 0 Å². The number of hydrogen-bond donors (Lipinski definition) is 0. The Kier molecular flexibility index (Phi) is 5.96. The third-order valence-electron chi connectivity index (χ3n) is 0.321. The van der Waals surface area contributed by atoms with Crippen molar-refractivity contribution >= 4 is 44.6 Å². The maximum Gasteiger partial charge on any atom is 0.197 e. The van der Waals surface area contributed by atoms with E-state index in [0.717, 1.165) is 0 Å². The van der Waals surface area contributed by atoms with Crippen molar-refractivity contribution in [1.82, 2.24) is 0 Å². The lowest BCUT2D eigenvalue weighted by atomic mass is 11.7. The summed E-state index contributed by atoms with van der Waals surface area (Å²) >= 11 is 15.6. The molecule has 0 amide bonds. The van der Waals surface area contributed by atoms with Gasteiger partial charge >= 0.3 is 0 Å². The zero-order valence-electron chi connectivity index (χ0n) is 3.53. The van der Waals surface area contributed by atoms with Gasteiger partial charge in [-0.25, -0.2) is 0 Å². The Hall–Kier alpha value is 1.05. The van der Waals surface area contributed by atoms with Gasteiger partial charge in [-0.15, -0.1) is 11.6 Å². The van der Waals surface area contributed by atoms with Crippen molar-refractivity contribution in [3.05, 3.63) is 0 Å². The highest BCUT2D eigenvalue weighted by Gasteiger charge is 1.93. The summed E-state index contributed by atoms with van der Waals surface area (Å²) in [6.07, 6.45) is 0. The molecule has 0 aliphatic heterocycles. The van der Waals surface area contributed by atoms with Gasteiger partial charge in [-0.05, 0) is 0 Å². The first kappa shape index (κ1) is 8.05. The standard InChI is InChI=1S/C2H5Cl3OSi/c3-1-7-6-2(4)5/h2H,1,7H2. The van der Waals surface area contributed by atoms with Crippen molar-refractivity contribution < 1.29 is 4.43 Å². The molecule has 0 fully saturated rings. The van der Waals surface area contributed by atoms with Crippen LogP contribution in [0.4, 0.5) is 0 Å². The molecular weight excluding hydrogens is 174 g/mol. The number of halogens is 3. The summed E-state index contributed by atoms with van der Waals surface area (Å²) < 4.78 is 4.73. The maximum absolute atomic E-state index is 5.27. The van der Waals surface area contributed by atoms with Crippen LogP contribution in [0.15, 0.2) is 0 Å². The van der Waals surface area contributed by atoms with Crippen LogP contribution in [0.1, 0.15) is 0 Å². The molecule has 0 aromatic heterocycles. The summed E-state index contributed by atoms with van der Waals surface area (Å²) in [5.41, 5.74) is 0.565. The number of hydrogen-bond acceptors (Lipinski definition) is 1. The lowest BCUT2D eigenvalue weighted by Gasteiger charge is -1.97. The average molecular weight is 180 g/mol. The highest BCUT2D eigenvalue weighted by Crippen LogP contribution is 2.00. The molecule has 0 aliphatic rings. The van der Waals surface area contributed by atoms with Gasteiger partial charge in [0.1, 0.15) is 0 Å². The first-order chi connectivity index (χ1) is 3.27. The van der Waals surface area contributed by atoms with Crippen LogP contribution in [0.25, 0.3) is 0 Å². The Balaban J connectivity index is 2.68. The zero-order valence-corrected chi connectivity index (χ0v) is 7.22. The van der Waals surface area contributed by atoms with Crippen molar-refractivity contribution in [1.29, 1.82) is 0 Å². The topological polar surface area (TPSA) is 9.23 Å². The van der Waals surface area contributed by atoms with Crippen molar-refractivity contribution in [3.8, 4) is 0 Å². The largest absolute Gasteiger partial charge is 0.396 e. The number of alkyl halides is 3. The van der Waals surface area contributed by atoms with E-state index < -0.39 is 14.8 Å². The molecule has 0 bridgehead atoms. The minimum atomic E-state index is -0.676. The summed E-state index contributed by atoms with van der Waals surface area (Å²) in [5, 5.41) is -0.676. The van der Waals surface area contributed by atoms with Crippen LogP contribution in [0.2, 0.25) is 0 Å². The fourth-order valence-corrected chi connectivity index (χ4v) is 1.20. The van der Waals surface area contributed by atoms with E-state index in [9.17, 15) is 0 Å². The van der Waals surface area contributed by atoms with Gasteiger partial charge in [0.15, 0.2) is 14.8 Å². The van der Waals surface area contributed by atoms with E-state index in [-0.39, 0.29) is 0 Å². The third kappa shape index (κ3) is 7.05. The fraction of sp³-hybridized carbons (Fsp3) is 1.00. The van der Waals surface area contributed by atoms with Crippen molar-refractivity contribution in [2.45, 2.75) is 5.02 Å². The molecule has 0 aromatic rings. The summed E-state index contributed by atoms with van der Waals surface area (Å²) in [6.45, 7) is 0. The van der Waals surface area contributed by atoms with Crippen LogP contribution in [0.3, 0.4) is 0 Å². The van der Waals surface area contributed by atoms with Crippen molar-refractivity contribution in [3.63, 3.8) is 0 Å². The highest BCUT2D eigenvalue weighted by molar-refractivity contribution is 6.49. The summed E-state index contributed by atoms with van der Waals surface area (Å²) in [5.74, 6) is 0. The summed E-state index contributed by atoms with van der Waals surface area (Å²) in [4.78, 5) is 0. The predicted molar refractivity (Wildman–Crippen MR) is 35.8 cm³/mol. The van der Waals surface area contributed by atoms with Gasteiger partial charge in [0.25, 0.3) is 0 Å². The van der Waals surface area contributed by atoms with Crippen LogP contribution >= 0.6 is 34.8 Å². The minimum Gasteiger partial charge on any atom is -0.396 e. The second-order valence-electron chi connectivity index (χ2n) is 0.820. The van der Waals surface area contributed by atoms with Crippen LogP contribution in [-0.2, 0) is 4.43 Å². The average Bonchev–Trinajstić information content (AvgIpc) is 1.61. The van der Waals surface area contributed by atoms with Crippen LogP contribution in [0, 0.1) is 0 Å². The minimum absolute atomic E-state index is 0.565. The van der Waals surface area contributed by atoms with Crippen LogP contribution < -0.4 is 0 Å². The maximum atomic E-state index is 5.27. The Morgan fingerprint density at radius 3 is 2.29 bits per heavy atom. The number of rotatable bonds is 3. The Labute approximate surface area is 59.8 Å². The smallest absolute Gasteiger partial charge is 0.197 e. The Morgan fingerprint density at radius 1 is 1.57 bits per heavy atom. The van der Waals surface area contributed by atoms with E-state index >= 15 is 0 Å². The molecule has 0 atom stereocenters. The predicted octanol–water partition coefficient (Wildman–Crippen LogP) is 1.04. The first-order valence-electron chi connectivity index (χ1n) is 1.73. The fourth-order valence-electron chi connectivity index (χ4n) is 0.134. The Morgan fingerprint density at radius 2 is 2.14 bits per heavy atom. The van der Waals surface area contributed by atoms with Crippen LogP contribution in [0.5, 0.6) is 0 Å². The molecule has 44 valence electrons. The second kappa shape index (κ2) is 5.19. The molecule has 0 rings (SSSR count). The molecule has 7 heavy (non-hydrogen) atoms. The second-order valence-corrected chi connectivity index (χ2v) is 4.09. The van der Waals surface area contributed by atoms with E-state index in [1.54, 1.807) is 0 Å². The van der Waals surface area contributed by atoms with Gasteiger partial charge in [-0.3, -0.25) is 0 Å². The van der Waals surface area contributed by atoms with Crippen LogP contribution in [-0.4, -0.2) is 20.3 Å². The molecule has 0 N–H and O–H groups in total. The monoisotopic (exact) mass is 178 g/mol.